The minimum absolute atomic E-state index is 0. The number of anilines is 1. The molecule has 1 unspecified atom stereocenters. The zero-order chi connectivity index (χ0) is 14.5. The van der Waals surface area contributed by atoms with Crippen molar-refractivity contribution in [3.05, 3.63) is 23.8 Å². The molecule has 0 aromatic heterocycles. The number of aryl methyl sites for hydroxylation is 1. The lowest BCUT2D eigenvalue weighted by atomic mass is 10.0. The van der Waals surface area contributed by atoms with Crippen LogP contribution in [0.1, 0.15) is 38.7 Å². The minimum Gasteiger partial charge on any atom is -0.491 e. The molecular formula is C16H25ClN2O2. The van der Waals surface area contributed by atoms with E-state index in [1.807, 2.05) is 39.0 Å². The molecule has 1 amide bonds. The van der Waals surface area contributed by atoms with Gasteiger partial charge in [-0.1, -0.05) is 6.42 Å². The van der Waals surface area contributed by atoms with Gasteiger partial charge in [-0.05, 0) is 63.9 Å². The van der Waals surface area contributed by atoms with Crippen molar-refractivity contribution in [1.82, 2.24) is 5.32 Å². The van der Waals surface area contributed by atoms with Gasteiger partial charge in [0.25, 0.3) is 0 Å². The van der Waals surface area contributed by atoms with Crippen LogP contribution in [0.25, 0.3) is 0 Å². The van der Waals surface area contributed by atoms with E-state index in [2.05, 4.69) is 10.6 Å². The third-order valence-corrected chi connectivity index (χ3v) is 3.43. The molecule has 0 spiro atoms. The van der Waals surface area contributed by atoms with E-state index in [0.29, 0.717) is 0 Å². The van der Waals surface area contributed by atoms with Crippen LogP contribution in [0.2, 0.25) is 0 Å². The summed E-state index contributed by atoms with van der Waals surface area (Å²) >= 11 is 0. The number of hydrogen-bond donors (Lipinski definition) is 2. The van der Waals surface area contributed by atoms with Crippen LogP contribution in [0.15, 0.2) is 18.2 Å². The quantitative estimate of drug-likeness (QED) is 0.897. The van der Waals surface area contributed by atoms with E-state index in [1.54, 1.807) is 0 Å². The lowest BCUT2D eigenvalue weighted by Crippen LogP contribution is -2.43. The second-order valence-electron chi connectivity index (χ2n) is 5.64. The average molecular weight is 313 g/mol. The maximum Gasteiger partial charge on any atom is 0.241 e. The molecule has 118 valence electrons. The highest BCUT2D eigenvalue weighted by Gasteiger charge is 2.20. The molecule has 1 saturated heterocycles. The summed E-state index contributed by atoms with van der Waals surface area (Å²) in [5, 5.41) is 6.23. The molecule has 1 heterocycles. The van der Waals surface area contributed by atoms with Gasteiger partial charge < -0.3 is 15.4 Å². The highest BCUT2D eigenvalue weighted by atomic mass is 35.5. The number of nitrogens with one attached hydrogen (secondary N) is 2. The van der Waals surface area contributed by atoms with Crippen molar-refractivity contribution in [1.29, 1.82) is 0 Å². The first kappa shape index (κ1) is 17.8. The molecule has 1 atom stereocenters. The van der Waals surface area contributed by atoms with Gasteiger partial charge in [-0.3, -0.25) is 4.79 Å². The summed E-state index contributed by atoms with van der Waals surface area (Å²) in [4.78, 5) is 12.1. The first-order valence-electron chi connectivity index (χ1n) is 7.38. The monoisotopic (exact) mass is 312 g/mol. The van der Waals surface area contributed by atoms with E-state index >= 15 is 0 Å². The molecule has 0 aliphatic carbocycles. The van der Waals surface area contributed by atoms with Gasteiger partial charge in [-0.2, -0.15) is 0 Å². The van der Waals surface area contributed by atoms with Gasteiger partial charge in [0.15, 0.2) is 0 Å². The summed E-state index contributed by atoms with van der Waals surface area (Å²) in [6.07, 6.45) is 3.34. The first-order valence-corrected chi connectivity index (χ1v) is 7.38. The van der Waals surface area contributed by atoms with Crippen LogP contribution in [0, 0.1) is 6.92 Å². The highest BCUT2D eigenvalue weighted by Crippen LogP contribution is 2.23. The van der Waals surface area contributed by atoms with Gasteiger partial charge in [0.1, 0.15) is 5.75 Å². The summed E-state index contributed by atoms with van der Waals surface area (Å²) in [6.45, 7) is 6.93. The molecule has 21 heavy (non-hydrogen) atoms. The molecule has 0 bridgehead atoms. The number of benzene rings is 1. The third kappa shape index (κ3) is 5.21. The van der Waals surface area contributed by atoms with Crippen LogP contribution in [0.4, 0.5) is 5.69 Å². The topological polar surface area (TPSA) is 50.4 Å². The summed E-state index contributed by atoms with van der Waals surface area (Å²) < 4.78 is 5.70. The normalized spacial score (nSPS) is 18.0. The SMILES string of the molecule is Cc1cc(NC(=O)C2CCCCN2)ccc1OC(C)C.Cl. The van der Waals surface area contributed by atoms with Crippen LogP contribution in [-0.2, 0) is 4.79 Å². The fraction of sp³-hybridized carbons (Fsp3) is 0.562. The minimum atomic E-state index is -0.0596. The molecule has 0 saturated carbocycles. The number of rotatable bonds is 4. The van der Waals surface area contributed by atoms with Crippen LogP contribution in [0.5, 0.6) is 5.75 Å². The molecule has 1 aromatic carbocycles. The predicted molar refractivity (Wildman–Crippen MR) is 88.5 cm³/mol. The Balaban J connectivity index is 0.00000220. The van der Waals surface area contributed by atoms with E-state index in [9.17, 15) is 4.79 Å². The van der Waals surface area contributed by atoms with Crippen molar-refractivity contribution >= 4 is 24.0 Å². The Morgan fingerprint density at radius 1 is 1.38 bits per heavy atom. The van der Waals surface area contributed by atoms with Gasteiger partial charge in [-0.25, -0.2) is 0 Å². The van der Waals surface area contributed by atoms with E-state index in [4.69, 9.17) is 4.74 Å². The number of carbonyl (C=O) groups is 1. The largest absolute Gasteiger partial charge is 0.491 e. The van der Waals surface area contributed by atoms with Crippen molar-refractivity contribution in [2.45, 2.75) is 52.2 Å². The smallest absolute Gasteiger partial charge is 0.241 e. The fourth-order valence-electron chi connectivity index (χ4n) is 2.42. The summed E-state index contributed by atoms with van der Waals surface area (Å²) in [5.41, 5.74) is 1.86. The van der Waals surface area contributed by atoms with Crippen molar-refractivity contribution < 1.29 is 9.53 Å². The van der Waals surface area contributed by atoms with E-state index < -0.39 is 0 Å². The summed E-state index contributed by atoms with van der Waals surface area (Å²) in [7, 11) is 0. The number of amides is 1. The van der Waals surface area contributed by atoms with Crippen molar-refractivity contribution in [2.75, 3.05) is 11.9 Å². The Labute approximate surface area is 133 Å². The fourth-order valence-corrected chi connectivity index (χ4v) is 2.42. The molecule has 0 radical (unpaired) electrons. The summed E-state index contributed by atoms with van der Waals surface area (Å²) in [5.74, 6) is 0.926. The van der Waals surface area contributed by atoms with Crippen molar-refractivity contribution in [3.8, 4) is 5.75 Å². The molecule has 1 aliphatic rings. The van der Waals surface area contributed by atoms with Crippen LogP contribution in [-0.4, -0.2) is 24.6 Å². The van der Waals surface area contributed by atoms with Gasteiger partial charge in [0.2, 0.25) is 5.91 Å². The molecule has 2 N–H and O–H groups in total. The second kappa shape index (κ2) is 8.25. The lowest BCUT2D eigenvalue weighted by Gasteiger charge is -2.22. The maximum absolute atomic E-state index is 12.1. The number of carbonyl (C=O) groups excluding carboxylic acids is 1. The zero-order valence-corrected chi connectivity index (χ0v) is 13.8. The zero-order valence-electron chi connectivity index (χ0n) is 12.9. The van der Waals surface area contributed by atoms with Gasteiger partial charge in [-0.15, -0.1) is 12.4 Å². The van der Waals surface area contributed by atoms with Gasteiger partial charge in [0, 0.05) is 5.69 Å². The highest BCUT2D eigenvalue weighted by molar-refractivity contribution is 5.95. The maximum atomic E-state index is 12.1. The first-order chi connectivity index (χ1) is 9.56. The standard InChI is InChI=1S/C16H24N2O2.ClH/c1-11(2)20-15-8-7-13(10-12(15)3)18-16(19)14-6-4-5-9-17-14;/h7-8,10-11,14,17H,4-6,9H2,1-3H3,(H,18,19);1H. The van der Waals surface area contributed by atoms with E-state index in [1.165, 1.54) is 0 Å². The lowest BCUT2D eigenvalue weighted by molar-refractivity contribution is -0.118. The second-order valence-corrected chi connectivity index (χ2v) is 5.64. The molecular weight excluding hydrogens is 288 g/mol. The molecule has 5 heteroatoms. The van der Waals surface area contributed by atoms with Crippen LogP contribution >= 0.6 is 12.4 Å². The Bertz CT molecular complexity index is 471. The van der Waals surface area contributed by atoms with Crippen molar-refractivity contribution in [2.24, 2.45) is 0 Å². The average Bonchev–Trinajstić information content (AvgIpc) is 2.42. The molecule has 1 aromatic rings. The number of halogens is 1. The van der Waals surface area contributed by atoms with Gasteiger partial charge in [0.05, 0.1) is 12.1 Å². The third-order valence-electron chi connectivity index (χ3n) is 3.43. The Morgan fingerprint density at radius 3 is 2.71 bits per heavy atom. The predicted octanol–water partition coefficient (Wildman–Crippen LogP) is 3.28. The summed E-state index contributed by atoms with van der Waals surface area (Å²) in [6, 6.07) is 5.71. The molecule has 1 fully saturated rings. The van der Waals surface area contributed by atoms with E-state index in [0.717, 1.165) is 42.8 Å². The van der Waals surface area contributed by atoms with Crippen LogP contribution in [0.3, 0.4) is 0 Å². The number of ether oxygens (including phenoxy) is 1. The number of hydrogen-bond acceptors (Lipinski definition) is 3. The van der Waals surface area contributed by atoms with Gasteiger partial charge >= 0.3 is 0 Å². The molecule has 2 rings (SSSR count). The Hall–Kier alpha value is -1.26. The van der Waals surface area contributed by atoms with Crippen LogP contribution < -0.4 is 15.4 Å². The van der Waals surface area contributed by atoms with E-state index in [-0.39, 0.29) is 30.5 Å². The Kier molecular flexibility index (Phi) is 6.99. The van der Waals surface area contributed by atoms with Crippen molar-refractivity contribution in [3.63, 3.8) is 0 Å². The number of piperidine rings is 1. The molecule has 4 nitrogen and oxygen atoms in total. The molecule has 1 aliphatic heterocycles. The Morgan fingerprint density at radius 2 is 2.14 bits per heavy atom.